The monoisotopic (exact) mass is 828 g/mol. The van der Waals surface area contributed by atoms with E-state index in [1.165, 1.54) is 44.9 Å². The number of methoxy groups -OCH3 is 1. The minimum atomic E-state index is -3.72. The Bertz CT molecular complexity index is 1390. The summed E-state index contributed by atoms with van der Waals surface area (Å²) in [4.78, 5) is 72.8. The lowest BCUT2D eigenvalue weighted by molar-refractivity contribution is -0.145. The summed E-state index contributed by atoms with van der Waals surface area (Å²) < 4.78 is 35.1. The average Bonchev–Trinajstić information content (AvgIpc) is 3.68. The highest BCUT2D eigenvalue weighted by Gasteiger charge is 2.25. The summed E-state index contributed by atoms with van der Waals surface area (Å²) in [5.41, 5.74) is 1.09. The smallest absolute Gasteiger partial charge is 0.326 e. The number of carboxylic acid groups (broad SMARTS) is 2. The maximum atomic E-state index is 12.5. The van der Waals surface area contributed by atoms with E-state index in [-0.39, 0.29) is 68.7 Å². The molecule has 16 nitrogen and oxygen atoms in total. The highest BCUT2D eigenvalue weighted by molar-refractivity contribution is 7.92. The maximum Gasteiger partial charge on any atom is 0.326 e. The molecule has 2 atom stereocenters. The van der Waals surface area contributed by atoms with Crippen molar-refractivity contribution in [2.45, 2.75) is 160 Å². The molecule has 1 aliphatic rings. The Hall–Kier alpha value is -3.44. The maximum absolute atomic E-state index is 12.5. The number of ether oxygens (including phenoxy) is 2. The fourth-order valence-electron chi connectivity index (χ4n) is 6.41. The van der Waals surface area contributed by atoms with E-state index in [9.17, 15) is 47.4 Å². The molecule has 3 N–H and O–H groups in total. The van der Waals surface area contributed by atoms with Gasteiger partial charge in [-0.2, -0.15) is 5.11 Å². The molecule has 1 amide bonds. The van der Waals surface area contributed by atoms with Crippen molar-refractivity contribution in [2.24, 2.45) is 21.4 Å². The third-order valence-corrected chi connectivity index (χ3v) is 11.5. The second-order valence-electron chi connectivity index (χ2n) is 14.9. The number of ketones is 3. The molecule has 0 aromatic carbocycles. The van der Waals surface area contributed by atoms with Crippen molar-refractivity contribution in [2.75, 3.05) is 45.0 Å². The molecule has 17 heteroatoms. The number of hydrogen-bond acceptors (Lipinski definition) is 13. The molecule has 0 aromatic rings. The number of Topliss-reactive ketones (excluding diaryl/α,β-unsaturated/α-hetero) is 3. The molecule has 1 heterocycles. The van der Waals surface area contributed by atoms with Gasteiger partial charge in [0, 0.05) is 52.2 Å². The van der Waals surface area contributed by atoms with Gasteiger partial charge in [0.05, 0.1) is 30.6 Å². The number of amides is 1. The van der Waals surface area contributed by atoms with Crippen LogP contribution < -0.4 is 5.32 Å². The number of carbonyl (C=O) groups excluding carboxylic acids is 4. The molecule has 0 fully saturated rings. The molecule has 0 bridgehead atoms. The Labute approximate surface area is 338 Å². The molecule has 0 aliphatic carbocycles. The number of carbonyl (C=O) groups is 6. The first-order valence-electron chi connectivity index (χ1n) is 20.8. The van der Waals surface area contributed by atoms with Gasteiger partial charge in [-0.15, -0.1) is 5.10 Å². The van der Waals surface area contributed by atoms with E-state index in [1.807, 2.05) is 0 Å². The summed E-state index contributed by atoms with van der Waals surface area (Å²) in [5.74, 6) is -6.54. The van der Waals surface area contributed by atoms with Crippen LogP contribution in [-0.2, 0) is 48.1 Å². The molecule has 0 aromatic heterocycles. The average molecular weight is 829 g/mol. The van der Waals surface area contributed by atoms with E-state index >= 15 is 0 Å². The van der Waals surface area contributed by atoms with E-state index in [1.54, 1.807) is 7.11 Å². The second kappa shape index (κ2) is 32.5. The number of hydrogen-bond donors (Lipinski definition) is 3. The molecular formula is C40H68N4O12S. The highest BCUT2D eigenvalue weighted by atomic mass is 32.2. The molecular weight excluding hydrogens is 761 g/mol. The minimum Gasteiger partial charge on any atom is -0.481 e. The minimum absolute atomic E-state index is 0.0497. The van der Waals surface area contributed by atoms with Crippen molar-refractivity contribution in [3.63, 3.8) is 0 Å². The number of sulfone groups is 1. The van der Waals surface area contributed by atoms with Crippen molar-refractivity contribution < 1.29 is 56.9 Å². The van der Waals surface area contributed by atoms with E-state index in [4.69, 9.17) is 9.47 Å². The summed E-state index contributed by atoms with van der Waals surface area (Å²) in [6.07, 6.45) is 15.1. The van der Waals surface area contributed by atoms with Crippen LogP contribution in [0.4, 0.5) is 0 Å². The molecule has 0 saturated carbocycles. The normalized spacial score (nSPS) is 13.6. The number of aliphatic carboxylic acids is 2. The largest absolute Gasteiger partial charge is 0.481 e. The van der Waals surface area contributed by atoms with Gasteiger partial charge in [0.1, 0.15) is 35.7 Å². The molecule has 326 valence electrons. The van der Waals surface area contributed by atoms with Gasteiger partial charge in [-0.25, -0.2) is 13.2 Å². The number of nitrogens with one attached hydrogen (secondary N) is 1. The molecule has 0 spiro atoms. The van der Waals surface area contributed by atoms with E-state index in [0.29, 0.717) is 39.2 Å². The third kappa shape index (κ3) is 29.4. The van der Waals surface area contributed by atoms with Crippen molar-refractivity contribution in [3.8, 4) is 0 Å². The van der Waals surface area contributed by atoms with Crippen molar-refractivity contribution in [1.29, 1.82) is 0 Å². The van der Waals surface area contributed by atoms with Crippen LogP contribution in [0.5, 0.6) is 0 Å². The van der Waals surface area contributed by atoms with Crippen LogP contribution in [0, 0.1) is 5.92 Å². The highest BCUT2D eigenvalue weighted by Crippen LogP contribution is 2.17. The number of carboxylic acids is 2. The van der Waals surface area contributed by atoms with Crippen LogP contribution in [0.25, 0.3) is 0 Å². The first-order chi connectivity index (χ1) is 27.3. The van der Waals surface area contributed by atoms with Gasteiger partial charge in [-0.1, -0.05) is 70.6 Å². The molecule has 57 heavy (non-hydrogen) atoms. The Balaban J connectivity index is 2.15. The van der Waals surface area contributed by atoms with E-state index in [0.717, 1.165) is 44.2 Å². The van der Waals surface area contributed by atoms with Gasteiger partial charge < -0.3 is 25.0 Å². The number of unbranched alkanes of at least 4 members (excludes halogenated alkanes) is 12. The van der Waals surface area contributed by atoms with Crippen LogP contribution in [0.15, 0.2) is 15.4 Å². The summed E-state index contributed by atoms with van der Waals surface area (Å²) in [5, 5.41) is 32.9. The van der Waals surface area contributed by atoms with Crippen LogP contribution >= 0.6 is 0 Å². The summed E-state index contributed by atoms with van der Waals surface area (Å²) >= 11 is 0. The van der Waals surface area contributed by atoms with Crippen LogP contribution in [0.2, 0.25) is 0 Å². The van der Waals surface area contributed by atoms with Gasteiger partial charge >= 0.3 is 11.9 Å². The van der Waals surface area contributed by atoms with Gasteiger partial charge in [-0.05, 0) is 50.2 Å². The standard InChI is InChI=1S/C40H68N4O12S/c1-55-26-27-56-25-15-19-34(45)22-23-37(40(51)52)42-38(48)24-21-32(39(49)50)29-35(46)20-16-28-57(53,54)31-36(47)18-14-12-10-8-6-4-2-3-5-7-9-11-13-17-33-30-41-44-43-33/h32,37H,2-31H2,1H3,(H,42,48)(H,49,50)(H,51,52). The summed E-state index contributed by atoms with van der Waals surface area (Å²) in [7, 11) is -2.17. The van der Waals surface area contributed by atoms with Crippen LogP contribution in [0.3, 0.4) is 0 Å². The van der Waals surface area contributed by atoms with Crippen molar-refractivity contribution >= 4 is 50.7 Å². The fourth-order valence-corrected chi connectivity index (χ4v) is 7.77. The second-order valence-corrected chi connectivity index (χ2v) is 17.1. The lowest BCUT2D eigenvalue weighted by atomic mass is 9.95. The Morgan fingerprint density at radius 2 is 1.26 bits per heavy atom. The molecule has 1 rings (SSSR count). The zero-order chi connectivity index (χ0) is 42.2. The van der Waals surface area contributed by atoms with Crippen LogP contribution in [0.1, 0.15) is 154 Å². The third-order valence-electron chi connectivity index (χ3n) is 9.78. The summed E-state index contributed by atoms with van der Waals surface area (Å²) in [6.45, 7) is 1.86. The summed E-state index contributed by atoms with van der Waals surface area (Å²) in [6, 6.07) is -1.34. The van der Waals surface area contributed by atoms with E-state index < -0.39 is 57.6 Å². The van der Waals surface area contributed by atoms with Gasteiger partial charge in [0.15, 0.2) is 9.84 Å². The molecule has 1 aliphatic heterocycles. The lowest BCUT2D eigenvalue weighted by Crippen LogP contribution is -2.41. The van der Waals surface area contributed by atoms with Gasteiger partial charge in [0.25, 0.3) is 0 Å². The number of nitrogens with zero attached hydrogens (tertiary/aromatic N) is 3. The fraction of sp³-hybridized carbons (Fsp3) is 0.825. The van der Waals surface area contributed by atoms with E-state index in [2.05, 4.69) is 20.8 Å². The predicted molar refractivity (Wildman–Crippen MR) is 215 cm³/mol. The quantitative estimate of drug-likeness (QED) is 0.0583. The zero-order valence-electron chi connectivity index (χ0n) is 34.1. The Morgan fingerprint density at radius 3 is 1.84 bits per heavy atom. The first-order valence-corrected chi connectivity index (χ1v) is 22.6. The molecule has 2 unspecified atom stereocenters. The first kappa shape index (κ1) is 51.6. The lowest BCUT2D eigenvalue weighted by Gasteiger charge is -2.16. The number of rotatable bonds is 40. The van der Waals surface area contributed by atoms with Gasteiger partial charge in [-0.3, -0.25) is 24.0 Å². The topological polar surface area (TPSA) is 245 Å². The van der Waals surface area contributed by atoms with Crippen molar-refractivity contribution in [1.82, 2.24) is 5.32 Å². The molecule has 0 saturated heterocycles. The van der Waals surface area contributed by atoms with Crippen LogP contribution in [-0.4, -0.2) is 111 Å². The Morgan fingerprint density at radius 1 is 0.667 bits per heavy atom. The predicted octanol–water partition coefficient (Wildman–Crippen LogP) is 6.23. The SMILES string of the molecule is COCCOCCCC(=O)CCC(NC(=O)CCC(CC(=O)CCCS(=O)(=O)CC(=O)CCCCCCCCCCCCCCCC1=NN=NC1)C(=O)O)C(=O)O. The van der Waals surface area contributed by atoms with Gasteiger partial charge in [0.2, 0.25) is 5.91 Å². The molecule has 0 radical (unpaired) electrons. The van der Waals surface area contributed by atoms with Crippen molar-refractivity contribution in [3.05, 3.63) is 0 Å². The zero-order valence-corrected chi connectivity index (χ0v) is 34.9. The Kier molecular flexibility index (Phi) is 29.4.